The average molecular weight is 212 g/mol. The van der Waals surface area contributed by atoms with Crippen LogP contribution in [0.2, 0.25) is 0 Å². The van der Waals surface area contributed by atoms with E-state index in [0.29, 0.717) is 0 Å². The minimum Gasteiger partial charge on any atom is -0.324 e. The molecule has 1 aromatic carbocycles. The molecule has 1 amide bonds. The van der Waals surface area contributed by atoms with Gasteiger partial charge in [0.05, 0.1) is 11.2 Å². The maximum atomic E-state index is 11.7. The van der Waals surface area contributed by atoms with E-state index in [-0.39, 0.29) is 11.8 Å². The zero-order chi connectivity index (χ0) is 11.0. The number of anilines is 1. The van der Waals surface area contributed by atoms with Crippen LogP contribution in [0.3, 0.4) is 0 Å². The first kappa shape index (κ1) is 9.33. The van der Waals surface area contributed by atoms with Crippen LogP contribution in [0.5, 0.6) is 0 Å². The first-order valence-corrected chi connectivity index (χ1v) is 5.49. The molecule has 0 bridgehead atoms. The Morgan fingerprint density at radius 3 is 2.88 bits per heavy atom. The second-order valence-electron chi connectivity index (χ2n) is 4.14. The maximum absolute atomic E-state index is 11.7. The number of fused-ring (bicyclic) bond motifs is 1. The van der Waals surface area contributed by atoms with Crippen molar-refractivity contribution in [1.82, 2.24) is 4.98 Å². The van der Waals surface area contributed by atoms with Crippen LogP contribution < -0.4 is 5.32 Å². The molecule has 3 heteroatoms. The van der Waals surface area contributed by atoms with E-state index in [2.05, 4.69) is 10.3 Å². The molecule has 0 aliphatic heterocycles. The smallest absolute Gasteiger partial charge is 0.227 e. The van der Waals surface area contributed by atoms with Gasteiger partial charge in [0.15, 0.2) is 0 Å². The average Bonchev–Trinajstić information content (AvgIpc) is 3.13. The third kappa shape index (κ3) is 1.65. The second kappa shape index (κ2) is 3.59. The number of amides is 1. The van der Waals surface area contributed by atoms with Gasteiger partial charge in [-0.3, -0.25) is 9.78 Å². The van der Waals surface area contributed by atoms with Crippen molar-refractivity contribution in [2.75, 3.05) is 5.32 Å². The van der Waals surface area contributed by atoms with Crippen molar-refractivity contribution in [3.8, 4) is 0 Å². The summed E-state index contributed by atoms with van der Waals surface area (Å²) in [7, 11) is 0. The molecule has 0 spiro atoms. The lowest BCUT2D eigenvalue weighted by Gasteiger charge is -2.06. The molecular formula is C13H12N2O. The van der Waals surface area contributed by atoms with E-state index >= 15 is 0 Å². The van der Waals surface area contributed by atoms with Gasteiger partial charge in [0.25, 0.3) is 0 Å². The molecule has 1 N–H and O–H groups in total. The van der Waals surface area contributed by atoms with E-state index in [0.717, 1.165) is 29.4 Å². The Balaban J connectivity index is 1.99. The van der Waals surface area contributed by atoms with Crippen LogP contribution in [0.25, 0.3) is 10.9 Å². The maximum Gasteiger partial charge on any atom is 0.227 e. The Hall–Kier alpha value is -1.90. The van der Waals surface area contributed by atoms with Crippen molar-refractivity contribution in [2.24, 2.45) is 5.92 Å². The largest absolute Gasteiger partial charge is 0.324 e. The quantitative estimate of drug-likeness (QED) is 0.831. The van der Waals surface area contributed by atoms with E-state index < -0.39 is 0 Å². The highest BCUT2D eigenvalue weighted by atomic mass is 16.2. The van der Waals surface area contributed by atoms with Crippen LogP contribution in [0.15, 0.2) is 36.5 Å². The number of hydrogen-bond donors (Lipinski definition) is 1. The lowest BCUT2D eigenvalue weighted by atomic mass is 10.2. The highest BCUT2D eigenvalue weighted by molar-refractivity contribution is 6.01. The summed E-state index contributed by atoms with van der Waals surface area (Å²) in [6.45, 7) is 0. The molecule has 0 atom stereocenters. The van der Waals surface area contributed by atoms with Gasteiger partial charge in [-0.1, -0.05) is 18.2 Å². The van der Waals surface area contributed by atoms with Crippen molar-refractivity contribution < 1.29 is 4.79 Å². The first-order valence-electron chi connectivity index (χ1n) is 5.49. The minimum atomic E-state index is 0.123. The molecule has 3 rings (SSSR count). The summed E-state index contributed by atoms with van der Waals surface area (Å²) in [5, 5.41) is 4.00. The van der Waals surface area contributed by atoms with Crippen molar-refractivity contribution in [1.29, 1.82) is 0 Å². The summed E-state index contributed by atoms with van der Waals surface area (Å²) in [5.74, 6) is 0.345. The number of para-hydroxylation sites is 1. The fourth-order valence-electron chi connectivity index (χ4n) is 1.79. The zero-order valence-electron chi connectivity index (χ0n) is 8.81. The van der Waals surface area contributed by atoms with Gasteiger partial charge in [-0.15, -0.1) is 0 Å². The molecule has 80 valence electrons. The van der Waals surface area contributed by atoms with E-state index in [9.17, 15) is 4.79 Å². The number of benzene rings is 1. The summed E-state index contributed by atoms with van der Waals surface area (Å²) < 4.78 is 0. The second-order valence-corrected chi connectivity index (χ2v) is 4.14. The summed E-state index contributed by atoms with van der Waals surface area (Å²) in [6, 6.07) is 9.72. The molecule has 1 fully saturated rings. The summed E-state index contributed by atoms with van der Waals surface area (Å²) in [4.78, 5) is 16.0. The van der Waals surface area contributed by atoms with Crippen molar-refractivity contribution in [2.45, 2.75) is 12.8 Å². The van der Waals surface area contributed by atoms with Crippen molar-refractivity contribution >= 4 is 22.5 Å². The fraction of sp³-hybridized carbons (Fsp3) is 0.231. The van der Waals surface area contributed by atoms with Crippen LogP contribution in [-0.4, -0.2) is 10.9 Å². The first-order chi connectivity index (χ1) is 7.84. The number of hydrogen-bond acceptors (Lipinski definition) is 2. The van der Waals surface area contributed by atoms with Gasteiger partial charge in [0, 0.05) is 17.5 Å². The van der Waals surface area contributed by atoms with Gasteiger partial charge in [-0.05, 0) is 25.0 Å². The number of rotatable bonds is 2. The van der Waals surface area contributed by atoms with E-state index in [1.807, 2.05) is 30.3 Å². The topological polar surface area (TPSA) is 42.0 Å². The van der Waals surface area contributed by atoms with Gasteiger partial charge in [0.2, 0.25) is 5.91 Å². The zero-order valence-corrected chi connectivity index (χ0v) is 8.81. The Kier molecular flexibility index (Phi) is 2.10. The van der Waals surface area contributed by atoms with E-state index in [4.69, 9.17) is 0 Å². The highest BCUT2D eigenvalue weighted by Crippen LogP contribution is 2.31. The molecule has 1 aliphatic carbocycles. The lowest BCUT2D eigenvalue weighted by Crippen LogP contribution is -2.13. The Bertz CT molecular complexity index is 541. The molecule has 1 aromatic heterocycles. The third-order valence-corrected chi connectivity index (χ3v) is 2.84. The van der Waals surface area contributed by atoms with Gasteiger partial charge >= 0.3 is 0 Å². The summed E-state index contributed by atoms with van der Waals surface area (Å²) in [5.41, 5.74) is 1.68. The fourth-order valence-corrected chi connectivity index (χ4v) is 1.79. The summed E-state index contributed by atoms with van der Waals surface area (Å²) in [6.07, 6.45) is 3.78. The molecule has 0 unspecified atom stereocenters. The molecule has 2 aromatic rings. The number of pyridine rings is 1. The number of carbonyl (C=O) groups excluding carboxylic acids is 1. The predicted molar refractivity (Wildman–Crippen MR) is 63.1 cm³/mol. The van der Waals surface area contributed by atoms with Crippen LogP contribution in [0.1, 0.15) is 12.8 Å². The predicted octanol–water partition coefficient (Wildman–Crippen LogP) is 2.58. The normalized spacial score (nSPS) is 15.0. The van der Waals surface area contributed by atoms with E-state index in [1.54, 1.807) is 6.20 Å². The van der Waals surface area contributed by atoms with E-state index in [1.165, 1.54) is 0 Å². The molecule has 3 nitrogen and oxygen atoms in total. The third-order valence-electron chi connectivity index (χ3n) is 2.84. The molecule has 1 aliphatic rings. The van der Waals surface area contributed by atoms with Crippen LogP contribution in [-0.2, 0) is 4.79 Å². The SMILES string of the molecule is O=C(Nc1cccc2cccnc12)C1CC1. The Morgan fingerprint density at radius 1 is 1.25 bits per heavy atom. The molecule has 0 saturated heterocycles. The van der Waals surface area contributed by atoms with Gasteiger partial charge in [-0.2, -0.15) is 0 Å². The Morgan fingerprint density at radius 2 is 2.06 bits per heavy atom. The molecule has 1 heterocycles. The number of nitrogens with one attached hydrogen (secondary N) is 1. The van der Waals surface area contributed by atoms with Crippen LogP contribution in [0.4, 0.5) is 5.69 Å². The minimum absolute atomic E-state index is 0.123. The van der Waals surface area contributed by atoms with Gasteiger partial charge in [-0.25, -0.2) is 0 Å². The number of carbonyl (C=O) groups is 1. The summed E-state index contributed by atoms with van der Waals surface area (Å²) >= 11 is 0. The van der Waals surface area contributed by atoms with Crippen LogP contribution in [0, 0.1) is 5.92 Å². The number of aromatic nitrogens is 1. The Labute approximate surface area is 93.5 Å². The van der Waals surface area contributed by atoms with Crippen molar-refractivity contribution in [3.05, 3.63) is 36.5 Å². The molecule has 1 saturated carbocycles. The van der Waals surface area contributed by atoms with Gasteiger partial charge < -0.3 is 5.32 Å². The monoisotopic (exact) mass is 212 g/mol. The molecule has 0 radical (unpaired) electrons. The lowest BCUT2D eigenvalue weighted by molar-refractivity contribution is -0.117. The highest BCUT2D eigenvalue weighted by Gasteiger charge is 2.29. The standard InChI is InChI=1S/C13H12N2O/c16-13(10-6-7-10)15-11-5-1-3-9-4-2-8-14-12(9)11/h1-5,8,10H,6-7H2,(H,15,16). The molecular weight excluding hydrogens is 200 g/mol. The van der Waals surface area contributed by atoms with Gasteiger partial charge in [0.1, 0.15) is 0 Å². The van der Waals surface area contributed by atoms with Crippen LogP contribution >= 0.6 is 0 Å². The number of nitrogens with zero attached hydrogens (tertiary/aromatic N) is 1. The molecule has 16 heavy (non-hydrogen) atoms. The van der Waals surface area contributed by atoms with Crippen molar-refractivity contribution in [3.63, 3.8) is 0 Å².